The van der Waals surface area contributed by atoms with Crippen LogP contribution in [0, 0.1) is 0 Å². The van der Waals surface area contributed by atoms with Crippen molar-refractivity contribution < 1.29 is 8.83 Å². The van der Waals surface area contributed by atoms with E-state index in [0.29, 0.717) is 0 Å². The van der Waals surface area contributed by atoms with E-state index in [1.165, 1.54) is 22.3 Å². The third-order valence-electron chi connectivity index (χ3n) is 11.5. The van der Waals surface area contributed by atoms with Gasteiger partial charge in [0.25, 0.3) is 0 Å². The van der Waals surface area contributed by atoms with Crippen LogP contribution in [0.15, 0.2) is 185 Å². The Morgan fingerprint density at radius 2 is 1.04 bits per heavy atom. The molecule has 0 fully saturated rings. The van der Waals surface area contributed by atoms with Crippen LogP contribution in [0.1, 0.15) is 25.0 Å². The summed E-state index contributed by atoms with van der Waals surface area (Å²) >= 11 is 0. The molecule has 0 unspecified atom stereocenters. The van der Waals surface area contributed by atoms with Crippen molar-refractivity contribution in [1.82, 2.24) is 0 Å². The van der Waals surface area contributed by atoms with Crippen LogP contribution in [0.3, 0.4) is 0 Å². The average Bonchev–Trinajstić information content (AvgIpc) is 3.86. The molecule has 2 heterocycles. The van der Waals surface area contributed by atoms with Crippen molar-refractivity contribution in [3.8, 4) is 33.4 Å². The molecular formula is C51H35NO2. The zero-order chi connectivity index (χ0) is 36.0. The summed E-state index contributed by atoms with van der Waals surface area (Å²) in [6.07, 6.45) is 0. The SMILES string of the molecule is CC1(C)c2ccccc2-c2ccc(N(c3ccccc3)c3ccc(-c4ccccc4-c4ccc5oc6ccccc6c5c4)c4oc5ccccc5c34)cc21. The maximum Gasteiger partial charge on any atom is 0.145 e. The molecule has 0 radical (unpaired) electrons. The van der Waals surface area contributed by atoms with E-state index in [4.69, 9.17) is 8.83 Å². The first kappa shape index (κ1) is 30.8. The molecule has 0 saturated carbocycles. The molecule has 1 aliphatic rings. The lowest BCUT2D eigenvalue weighted by atomic mass is 9.82. The fraction of sp³-hybridized carbons (Fsp3) is 0.0588. The second kappa shape index (κ2) is 11.6. The largest absolute Gasteiger partial charge is 0.456 e. The number of hydrogen-bond acceptors (Lipinski definition) is 3. The Labute approximate surface area is 313 Å². The number of rotatable bonds is 5. The Bertz CT molecular complexity index is 3090. The van der Waals surface area contributed by atoms with E-state index in [-0.39, 0.29) is 5.41 Å². The van der Waals surface area contributed by atoms with Crippen LogP contribution in [0.2, 0.25) is 0 Å². The van der Waals surface area contributed by atoms with Crippen LogP contribution >= 0.6 is 0 Å². The minimum atomic E-state index is -0.124. The molecule has 0 aliphatic heterocycles. The molecule has 0 saturated heterocycles. The molecular weight excluding hydrogens is 659 g/mol. The number of fused-ring (bicyclic) bond motifs is 9. The fourth-order valence-corrected chi connectivity index (χ4v) is 8.91. The third-order valence-corrected chi connectivity index (χ3v) is 11.5. The van der Waals surface area contributed by atoms with Crippen LogP contribution in [0.4, 0.5) is 17.1 Å². The van der Waals surface area contributed by atoms with E-state index in [1.807, 2.05) is 12.1 Å². The van der Waals surface area contributed by atoms with Gasteiger partial charge in [0.05, 0.1) is 11.1 Å². The summed E-state index contributed by atoms with van der Waals surface area (Å²) in [6.45, 7) is 4.68. The summed E-state index contributed by atoms with van der Waals surface area (Å²) < 4.78 is 13.1. The van der Waals surface area contributed by atoms with E-state index < -0.39 is 0 Å². The van der Waals surface area contributed by atoms with Gasteiger partial charge in [0.1, 0.15) is 22.3 Å². The molecule has 11 rings (SSSR count). The minimum Gasteiger partial charge on any atom is -0.456 e. The molecule has 54 heavy (non-hydrogen) atoms. The van der Waals surface area contributed by atoms with Gasteiger partial charge in [-0.3, -0.25) is 0 Å². The molecule has 256 valence electrons. The number of benzene rings is 8. The van der Waals surface area contributed by atoms with Gasteiger partial charge in [0, 0.05) is 38.5 Å². The Morgan fingerprint density at radius 3 is 1.87 bits per heavy atom. The molecule has 10 aromatic rings. The Balaban J connectivity index is 1.14. The zero-order valence-corrected chi connectivity index (χ0v) is 30.0. The standard InChI is InChI=1S/C51H35NO2/c1-51(2)43-21-11-8-18-37(43)38-26-25-34(31-44(38)51)52(33-14-4-3-5-15-33)45-28-27-40(50-49(45)41-20-10-13-23-47(41)54-50)36-17-7-6-16-35(36)32-24-29-48-42(30-32)39-19-9-12-22-46(39)53-48/h3-31H,1-2H3. The maximum absolute atomic E-state index is 6.91. The predicted molar refractivity (Wildman–Crippen MR) is 224 cm³/mol. The number of furan rings is 2. The number of hydrogen-bond donors (Lipinski definition) is 0. The lowest BCUT2D eigenvalue weighted by Crippen LogP contribution is -2.16. The highest BCUT2D eigenvalue weighted by atomic mass is 16.3. The van der Waals surface area contributed by atoms with E-state index >= 15 is 0 Å². The molecule has 3 heteroatoms. The van der Waals surface area contributed by atoms with Crippen molar-refractivity contribution in [2.75, 3.05) is 4.90 Å². The van der Waals surface area contributed by atoms with Crippen LogP contribution in [0.25, 0.3) is 77.3 Å². The van der Waals surface area contributed by atoms with Gasteiger partial charge in [-0.05, 0) is 99.6 Å². The minimum absolute atomic E-state index is 0.124. The Hall–Kier alpha value is -6.84. The lowest BCUT2D eigenvalue weighted by Gasteiger charge is -2.29. The van der Waals surface area contributed by atoms with Gasteiger partial charge in [-0.2, -0.15) is 0 Å². The highest BCUT2D eigenvalue weighted by molar-refractivity contribution is 6.18. The molecule has 0 N–H and O–H groups in total. The monoisotopic (exact) mass is 693 g/mol. The first-order chi connectivity index (χ1) is 26.5. The van der Waals surface area contributed by atoms with Gasteiger partial charge in [-0.25, -0.2) is 0 Å². The van der Waals surface area contributed by atoms with Crippen molar-refractivity contribution in [2.24, 2.45) is 0 Å². The lowest BCUT2D eigenvalue weighted by molar-refractivity contribution is 0.660. The average molecular weight is 694 g/mol. The van der Waals surface area contributed by atoms with Gasteiger partial charge in [0.2, 0.25) is 0 Å². The highest BCUT2D eigenvalue weighted by Crippen LogP contribution is 2.52. The first-order valence-corrected chi connectivity index (χ1v) is 18.6. The Morgan fingerprint density at radius 1 is 0.407 bits per heavy atom. The Kier molecular flexibility index (Phi) is 6.60. The summed E-state index contributed by atoms with van der Waals surface area (Å²) in [5.74, 6) is 0. The summed E-state index contributed by atoms with van der Waals surface area (Å²) in [5.41, 5.74) is 16.4. The molecule has 1 aliphatic carbocycles. The van der Waals surface area contributed by atoms with Crippen LogP contribution in [-0.4, -0.2) is 0 Å². The molecule has 0 spiro atoms. The normalized spacial score (nSPS) is 13.1. The van der Waals surface area contributed by atoms with Gasteiger partial charge in [-0.1, -0.05) is 129 Å². The van der Waals surface area contributed by atoms with Crippen LogP contribution in [0.5, 0.6) is 0 Å². The van der Waals surface area contributed by atoms with Crippen molar-refractivity contribution in [1.29, 1.82) is 0 Å². The topological polar surface area (TPSA) is 29.5 Å². The van der Waals surface area contributed by atoms with E-state index in [0.717, 1.165) is 83.2 Å². The van der Waals surface area contributed by atoms with Crippen molar-refractivity contribution in [2.45, 2.75) is 19.3 Å². The van der Waals surface area contributed by atoms with E-state index in [1.54, 1.807) is 0 Å². The summed E-state index contributed by atoms with van der Waals surface area (Å²) in [6, 6.07) is 62.9. The highest BCUT2D eigenvalue weighted by Gasteiger charge is 2.36. The second-order valence-corrected chi connectivity index (χ2v) is 14.9. The predicted octanol–water partition coefficient (Wildman–Crippen LogP) is 14.6. The van der Waals surface area contributed by atoms with Gasteiger partial charge in [0.15, 0.2) is 0 Å². The summed E-state index contributed by atoms with van der Waals surface area (Å²) in [5, 5.41) is 4.40. The van der Waals surface area contributed by atoms with E-state index in [2.05, 4.69) is 183 Å². The molecule has 8 aromatic carbocycles. The summed E-state index contributed by atoms with van der Waals surface area (Å²) in [7, 11) is 0. The van der Waals surface area contributed by atoms with Gasteiger partial charge in [-0.15, -0.1) is 0 Å². The molecule has 3 nitrogen and oxygen atoms in total. The van der Waals surface area contributed by atoms with Gasteiger partial charge >= 0.3 is 0 Å². The van der Waals surface area contributed by atoms with E-state index in [9.17, 15) is 0 Å². The van der Waals surface area contributed by atoms with Crippen LogP contribution < -0.4 is 4.90 Å². The van der Waals surface area contributed by atoms with Crippen molar-refractivity contribution >= 4 is 60.9 Å². The third kappa shape index (κ3) is 4.48. The molecule has 0 atom stereocenters. The van der Waals surface area contributed by atoms with Crippen molar-refractivity contribution in [3.05, 3.63) is 187 Å². The molecule has 0 amide bonds. The number of nitrogens with zero attached hydrogens (tertiary/aromatic N) is 1. The number of para-hydroxylation sites is 3. The maximum atomic E-state index is 6.91. The quantitative estimate of drug-likeness (QED) is 0.180. The second-order valence-electron chi connectivity index (χ2n) is 14.9. The van der Waals surface area contributed by atoms with Gasteiger partial charge < -0.3 is 13.7 Å². The zero-order valence-electron chi connectivity index (χ0n) is 30.0. The number of anilines is 3. The smallest absolute Gasteiger partial charge is 0.145 e. The molecule has 0 bridgehead atoms. The summed E-state index contributed by atoms with van der Waals surface area (Å²) in [4.78, 5) is 2.40. The fourth-order valence-electron chi connectivity index (χ4n) is 8.91. The molecule has 2 aromatic heterocycles. The first-order valence-electron chi connectivity index (χ1n) is 18.6. The van der Waals surface area contributed by atoms with Crippen molar-refractivity contribution in [3.63, 3.8) is 0 Å². The van der Waals surface area contributed by atoms with Crippen LogP contribution in [-0.2, 0) is 5.41 Å².